The number of nitrogens with zero attached hydrogens (tertiary/aromatic N) is 2. The Kier molecular flexibility index (Phi) is 4.83. The molecule has 0 saturated carbocycles. The van der Waals surface area contributed by atoms with Crippen LogP contribution in [0.5, 0.6) is 0 Å². The maximum absolute atomic E-state index is 12.2. The van der Waals surface area contributed by atoms with Gasteiger partial charge in [-0.05, 0) is 56.5 Å². The van der Waals surface area contributed by atoms with Crippen LogP contribution in [0.15, 0.2) is 24.3 Å². The van der Waals surface area contributed by atoms with Crippen LogP contribution in [0.3, 0.4) is 0 Å². The molecule has 4 nitrogen and oxygen atoms in total. The predicted octanol–water partition coefficient (Wildman–Crippen LogP) is 2.90. The van der Waals surface area contributed by atoms with Gasteiger partial charge in [-0.15, -0.1) is 0 Å². The van der Waals surface area contributed by atoms with Gasteiger partial charge in [0.2, 0.25) is 0 Å². The summed E-state index contributed by atoms with van der Waals surface area (Å²) in [4.78, 5) is 14.7. The Morgan fingerprint density at radius 3 is 2.90 bits per heavy atom. The number of carbonyl (C=O) groups is 1. The second-order valence-electron chi connectivity index (χ2n) is 5.54. The molecular formula is C16H21N3OS. The van der Waals surface area contributed by atoms with Crippen molar-refractivity contribution in [2.75, 3.05) is 26.2 Å². The molecule has 3 rings (SSSR count). The predicted molar refractivity (Wildman–Crippen MR) is 86.9 cm³/mol. The molecular weight excluding hydrogens is 282 g/mol. The number of aromatic nitrogens is 1. The van der Waals surface area contributed by atoms with Gasteiger partial charge in [-0.3, -0.25) is 4.79 Å². The lowest BCUT2D eigenvalue weighted by Gasteiger charge is -2.26. The van der Waals surface area contributed by atoms with Crippen LogP contribution in [0.25, 0.3) is 10.1 Å². The Morgan fingerprint density at radius 2 is 2.05 bits per heavy atom. The number of hydrogen-bond donors (Lipinski definition) is 1. The highest BCUT2D eigenvalue weighted by atomic mass is 32.1. The van der Waals surface area contributed by atoms with Gasteiger partial charge in [0.05, 0.1) is 4.70 Å². The molecule has 0 radical (unpaired) electrons. The van der Waals surface area contributed by atoms with Crippen molar-refractivity contribution in [1.82, 2.24) is 14.6 Å². The van der Waals surface area contributed by atoms with Crippen LogP contribution in [-0.2, 0) is 0 Å². The highest BCUT2D eigenvalue weighted by Crippen LogP contribution is 2.21. The molecule has 1 fully saturated rings. The number of benzene rings is 1. The van der Waals surface area contributed by atoms with E-state index in [1.165, 1.54) is 43.9 Å². The van der Waals surface area contributed by atoms with E-state index in [9.17, 15) is 4.79 Å². The average molecular weight is 303 g/mol. The zero-order chi connectivity index (χ0) is 14.5. The Bertz CT molecular complexity index is 604. The molecule has 1 N–H and O–H groups in total. The molecule has 0 bridgehead atoms. The second-order valence-corrected chi connectivity index (χ2v) is 6.34. The molecule has 2 heterocycles. The summed E-state index contributed by atoms with van der Waals surface area (Å²) in [5.74, 6) is -0.0499. The van der Waals surface area contributed by atoms with Gasteiger partial charge in [0.1, 0.15) is 5.69 Å². The van der Waals surface area contributed by atoms with E-state index in [0.29, 0.717) is 5.69 Å². The van der Waals surface area contributed by atoms with Crippen molar-refractivity contribution < 1.29 is 4.79 Å². The number of rotatable bonds is 5. The zero-order valence-electron chi connectivity index (χ0n) is 12.2. The maximum atomic E-state index is 12.2. The first-order valence-corrected chi connectivity index (χ1v) is 8.47. The fourth-order valence-corrected chi connectivity index (χ4v) is 3.59. The van der Waals surface area contributed by atoms with Crippen molar-refractivity contribution in [3.05, 3.63) is 30.0 Å². The number of piperidine rings is 1. The molecule has 1 saturated heterocycles. The van der Waals surface area contributed by atoms with Crippen LogP contribution in [0, 0.1) is 0 Å². The van der Waals surface area contributed by atoms with E-state index in [2.05, 4.69) is 14.6 Å². The van der Waals surface area contributed by atoms with E-state index in [4.69, 9.17) is 0 Å². The van der Waals surface area contributed by atoms with Crippen molar-refractivity contribution in [2.45, 2.75) is 25.7 Å². The normalized spacial score (nSPS) is 16.2. The van der Waals surface area contributed by atoms with Crippen LogP contribution >= 0.6 is 11.5 Å². The van der Waals surface area contributed by atoms with E-state index in [-0.39, 0.29) is 5.91 Å². The molecule has 1 aliphatic rings. The third-order valence-corrected chi connectivity index (χ3v) is 4.80. The fourth-order valence-electron chi connectivity index (χ4n) is 2.82. The van der Waals surface area contributed by atoms with E-state index in [1.54, 1.807) is 0 Å². The summed E-state index contributed by atoms with van der Waals surface area (Å²) in [6, 6.07) is 7.88. The monoisotopic (exact) mass is 303 g/mol. The minimum absolute atomic E-state index is 0.0499. The van der Waals surface area contributed by atoms with Crippen molar-refractivity contribution in [2.24, 2.45) is 0 Å². The molecule has 1 aromatic carbocycles. The third kappa shape index (κ3) is 3.60. The van der Waals surface area contributed by atoms with Crippen LogP contribution in [0.1, 0.15) is 36.2 Å². The number of amides is 1. The van der Waals surface area contributed by atoms with Crippen LogP contribution in [0.2, 0.25) is 0 Å². The minimum Gasteiger partial charge on any atom is -0.351 e. The van der Waals surface area contributed by atoms with E-state index in [1.807, 2.05) is 24.3 Å². The van der Waals surface area contributed by atoms with Gasteiger partial charge in [0, 0.05) is 11.9 Å². The van der Waals surface area contributed by atoms with Gasteiger partial charge < -0.3 is 10.2 Å². The Balaban J connectivity index is 1.48. The summed E-state index contributed by atoms with van der Waals surface area (Å²) in [6.45, 7) is 4.23. The van der Waals surface area contributed by atoms with Gasteiger partial charge in [0.25, 0.3) is 5.91 Å². The summed E-state index contributed by atoms with van der Waals surface area (Å²) in [7, 11) is 0. The summed E-state index contributed by atoms with van der Waals surface area (Å²) in [5, 5.41) is 3.95. The summed E-state index contributed by atoms with van der Waals surface area (Å²) in [6.07, 6.45) is 5.01. The Hall–Kier alpha value is -1.46. The zero-order valence-corrected chi connectivity index (χ0v) is 13.0. The number of likely N-dealkylation sites (tertiary alicyclic amines) is 1. The van der Waals surface area contributed by atoms with Crippen LogP contribution in [0.4, 0.5) is 0 Å². The van der Waals surface area contributed by atoms with Gasteiger partial charge in [-0.1, -0.05) is 24.6 Å². The lowest BCUT2D eigenvalue weighted by atomic mass is 10.1. The van der Waals surface area contributed by atoms with Crippen LogP contribution in [-0.4, -0.2) is 41.4 Å². The van der Waals surface area contributed by atoms with Crippen LogP contribution < -0.4 is 5.32 Å². The van der Waals surface area contributed by atoms with Gasteiger partial charge in [-0.2, -0.15) is 4.37 Å². The number of fused-ring (bicyclic) bond motifs is 1. The second kappa shape index (κ2) is 7.00. The molecule has 0 spiro atoms. The van der Waals surface area contributed by atoms with Crippen molar-refractivity contribution in [3.8, 4) is 0 Å². The minimum atomic E-state index is -0.0499. The SMILES string of the molecule is O=C(NCCCN1CCCCC1)c1nsc2ccccc12. The molecule has 1 aromatic heterocycles. The third-order valence-electron chi connectivity index (χ3n) is 3.98. The molecule has 5 heteroatoms. The van der Waals surface area contributed by atoms with Gasteiger partial charge in [-0.25, -0.2) is 0 Å². The molecule has 21 heavy (non-hydrogen) atoms. The highest BCUT2D eigenvalue weighted by molar-refractivity contribution is 7.13. The molecule has 1 aliphatic heterocycles. The summed E-state index contributed by atoms with van der Waals surface area (Å²) >= 11 is 1.39. The molecule has 2 aromatic rings. The summed E-state index contributed by atoms with van der Waals surface area (Å²) in [5.41, 5.74) is 0.563. The van der Waals surface area contributed by atoms with Gasteiger partial charge >= 0.3 is 0 Å². The Morgan fingerprint density at radius 1 is 1.24 bits per heavy atom. The van der Waals surface area contributed by atoms with Crippen molar-refractivity contribution in [3.63, 3.8) is 0 Å². The summed E-state index contributed by atoms with van der Waals surface area (Å²) < 4.78 is 5.35. The smallest absolute Gasteiger partial charge is 0.271 e. The quantitative estimate of drug-likeness (QED) is 0.864. The van der Waals surface area contributed by atoms with E-state index >= 15 is 0 Å². The van der Waals surface area contributed by atoms with Crippen molar-refractivity contribution in [1.29, 1.82) is 0 Å². The average Bonchev–Trinajstić information content (AvgIpc) is 2.96. The number of carbonyl (C=O) groups excluding carboxylic acids is 1. The Labute approximate surface area is 129 Å². The van der Waals surface area contributed by atoms with Crippen molar-refractivity contribution >= 4 is 27.5 Å². The van der Waals surface area contributed by atoms with E-state index < -0.39 is 0 Å². The largest absolute Gasteiger partial charge is 0.351 e. The number of nitrogens with one attached hydrogen (secondary N) is 1. The maximum Gasteiger partial charge on any atom is 0.271 e. The van der Waals surface area contributed by atoms with E-state index in [0.717, 1.165) is 29.6 Å². The molecule has 112 valence electrons. The molecule has 1 amide bonds. The fraction of sp³-hybridized carbons (Fsp3) is 0.500. The molecule has 0 aliphatic carbocycles. The lowest BCUT2D eigenvalue weighted by Crippen LogP contribution is -2.33. The molecule has 0 unspecified atom stereocenters. The topological polar surface area (TPSA) is 45.2 Å². The first kappa shape index (κ1) is 14.5. The standard InChI is InChI=1S/C16H21N3OS/c20-16(15-13-7-2-3-8-14(13)21-18-15)17-9-6-12-19-10-4-1-5-11-19/h2-3,7-8H,1,4-6,9-12H2,(H,17,20). The first-order chi connectivity index (χ1) is 10.3. The molecule has 0 atom stereocenters. The number of hydrogen-bond acceptors (Lipinski definition) is 4. The van der Waals surface area contributed by atoms with Gasteiger partial charge in [0.15, 0.2) is 0 Å². The first-order valence-electron chi connectivity index (χ1n) is 7.69. The highest BCUT2D eigenvalue weighted by Gasteiger charge is 2.14. The lowest BCUT2D eigenvalue weighted by molar-refractivity contribution is 0.0949.